The van der Waals surface area contributed by atoms with Crippen molar-refractivity contribution in [1.29, 1.82) is 0 Å². The van der Waals surface area contributed by atoms with Gasteiger partial charge in [0.05, 0.1) is 5.69 Å². The maximum absolute atomic E-state index is 12.2. The Balaban J connectivity index is 1.50. The lowest BCUT2D eigenvalue weighted by atomic mass is 9.95. The topological polar surface area (TPSA) is 73.9 Å². The molecule has 1 saturated heterocycles. The average Bonchev–Trinajstić information content (AvgIpc) is 3.06. The SMILES string of the molecule is CN1CCC[C@@H](CCNC(=O)c2cc(-c3ccncc3)n[nH]2)C1. The minimum absolute atomic E-state index is 0.0954. The first kappa shape index (κ1) is 15.7. The second-order valence-corrected chi connectivity index (χ2v) is 6.22. The van der Waals surface area contributed by atoms with Crippen molar-refractivity contribution in [2.45, 2.75) is 19.3 Å². The third-order valence-corrected chi connectivity index (χ3v) is 4.36. The summed E-state index contributed by atoms with van der Waals surface area (Å²) in [6.45, 7) is 3.03. The molecule has 1 fully saturated rings. The van der Waals surface area contributed by atoms with Crippen molar-refractivity contribution >= 4 is 5.91 Å². The van der Waals surface area contributed by atoms with Crippen molar-refractivity contribution in [2.24, 2.45) is 5.92 Å². The van der Waals surface area contributed by atoms with Crippen LogP contribution in [0.15, 0.2) is 30.6 Å². The second-order valence-electron chi connectivity index (χ2n) is 6.22. The number of aromatic amines is 1. The highest BCUT2D eigenvalue weighted by Gasteiger charge is 2.17. The van der Waals surface area contributed by atoms with E-state index in [1.54, 1.807) is 18.5 Å². The summed E-state index contributed by atoms with van der Waals surface area (Å²) in [5.74, 6) is 0.588. The van der Waals surface area contributed by atoms with E-state index < -0.39 is 0 Å². The van der Waals surface area contributed by atoms with Gasteiger partial charge in [0.25, 0.3) is 5.91 Å². The quantitative estimate of drug-likeness (QED) is 0.884. The predicted octanol–water partition coefficient (Wildman–Crippen LogP) is 1.93. The number of nitrogens with one attached hydrogen (secondary N) is 2. The fourth-order valence-corrected chi connectivity index (χ4v) is 3.10. The first-order chi connectivity index (χ1) is 11.2. The smallest absolute Gasteiger partial charge is 0.269 e. The summed E-state index contributed by atoms with van der Waals surface area (Å²) in [4.78, 5) is 18.5. The molecule has 23 heavy (non-hydrogen) atoms. The monoisotopic (exact) mass is 313 g/mol. The fraction of sp³-hybridized carbons (Fsp3) is 0.471. The minimum atomic E-state index is -0.0954. The van der Waals surface area contributed by atoms with Gasteiger partial charge in [-0.05, 0) is 57.0 Å². The molecule has 1 atom stereocenters. The summed E-state index contributed by atoms with van der Waals surface area (Å²) in [5.41, 5.74) is 2.20. The third-order valence-electron chi connectivity index (χ3n) is 4.36. The molecule has 0 spiro atoms. The summed E-state index contributed by atoms with van der Waals surface area (Å²) >= 11 is 0. The molecule has 0 unspecified atom stereocenters. The van der Waals surface area contributed by atoms with Crippen LogP contribution in [0.3, 0.4) is 0 Å². The average molecular weight is 313 g/mol. The van der Waals surface area contributed by atoms with E-state index in [1.165, 1.54) is 19.4 Å². The molecular formula is C17H23N5O. The first-order valence-corrected chi connectivity index (χ1v) is 8.15. The normalized spacial score (nSPS) is 18.7. The number of likely N-dealkylation sites (tertiary alicyclic amines) is 1. The largest absolute Gasteiger partial charge is 0.351 e. The van der Waals surface area contributed by atoms with Gasteiger partial charge in [-0.2, -0.15) is 5.10 Å². The first-order valence-electron chi connectivity index (χ1n) is 8.15. The lowest BCUT2D eigenvalue weighted by molar-refractivity contribution is 0.0943. The number of aromatic nitrogens is 3. The number of piperidine rings is 1. The van der Waals surface area contributed by atoms with Gasteiger partial charge in [0, 0.05) is 31.0 Å². The highest BCUT2D eigenvalue weighted by molar-refractivity contribution is 5.93. The predicted molar refractivity (Wildman–Crippen MR) is 89.0 cm³/mol. The summed E-state index contributed by atoms with van der Waals surface area (Å²) in [5, 5.41) is 9.99. The van der Waals surface area contributed by atoms with Crippen LogP contribution in [-0.4, -0.2) is 52.7 Å². The summed E-state index contributed by atoms with van der Waals surface area (Å²) < 4.78 is 0. The van der Waals surface area contributed by atoms with Crippen LogP contribution < -0.4 is 5.32 Å². The Morgan fingerprint density at radius 3 is 3.04 bits per heavy atom. The van der Waals surface area contributed by atoms with Gasteiger partial charge in [0.2, 0.25) is 0 Å². The van der Waals surface area contributed by atoms with Crippen LogP contribution in [0.1, 0.15) is 29.8 Å². The molecule has 3 rings (SSSR count). The number of H-pyrrole nitrogens is 1. The number of nitrogens with zero attached hydrogens (tertiary/aromatic N) is 3. The number of carbonyl (C=O) groups excluding carboxylic acids is 1. The van der Waals surface area contributed by atoms with Crippen LogP contribution in [0, 0.1) is 5.92 Å². The van der Waals surface area contributed by atoms with Gasteiger partial charge in [0.15, 0.2) is 0 Å². The molecule has 3 heterocycles. The van der Waals surface area contributed by atoms with Gasteiger partial charge in [0.1, 0.15) is 5.69 Å². The third kappa shape index (κ3) is 4.16. The van der Waals surface area contributed by atoms with E-state index in [0.717, 1.165) is 24.2 Å². The van der Waals surface area contributed by atoms with E-state index in [-0.39, 0.29) is 5.91 Å². The summed E-state index contributed by atoms with van der Waals surface area (Å²) in [6, 6.07) is 5.52. The van der Waals surface area contributed by atoms with Crippen LogP contribution >= 0.6 is 0 Å². The second kappa shape index (κ2) is 7.37. The molecule has 0 bridgehead atoms. The van der Waals surface area contributed by atoms with E-state index in [4.69, 9.17) is 0 Å². The van der Waals surface area contributed by atoms with Crippen molar-refractivity contribution in [3.05, 3.63) is 36.3 Å². The summed E-state index contributed by atoms with van der Waals surface area (Å²) in [7, 11) is 2.16. The Morgan fingerprint density at radius 2 is 2.26 bits per heavy atom. The number of rotatable bonds is 5. The maximum Gasteiger partial charge on any atom is 0.269 e. The van der Waals surface area contributed by atoms with Crippen molar-refractivity contribution in [1.82, 2.24) is 25.4 Å². The molecule has 6 heteroatoms. The molecule has 1 aliphatic rings. The number of carbonyl (C=O) groups is 1. The van der Waals surface area contributed by atoms with Gasteiger partial charge in [-0.1, -0.05) is 0 Å². The molecule has 0 radical (unpaired) electrons. The van der Waals surface area contributed by atoms with Crippen molar-refractivity contribution in [2.75, 3.05) is 26.7 Å². The lowest BCUT2D eigenvalue weighted by Gasteiger charge is -2.29. The maximum atomic E-state index is 12.2. The fourth-order valence-electron chi connectivity index (χ4n) is 3.10. The van der Waals surface area contributed by atoms with E-state index in [1.807, 2.05) is 12.1 Å². The van der Waals surface area contributed by atoms with Crippen LogP contribution in [0.4, 0.5) is 0 Å². The number of pyridine rings is 1. The Morgan fingerprint density at radius 1 is 1.43 bits per heavy atom. The number of amides is 1. The molecule has 2 N–H and O–H groups in total. The van der Waals surface area contributed by atoms with Gasteiger partial charge in [-0.3, -0.25) is 14.9 Å². The Labute approximate surface area is 136 Å². The molecular weight excluding hydrogens is 290 g/mol. The molecule has 2 aromatic heterocycles. The van der Waals surface area contributed by atoms with Crippen LogP contribution in [0.2, 0.25) is 0 Å². The Kier molecular flexibility index (Phi) is 5.02. The van der Waals surface area contributed by atoms with E-state index in [2.05, 4.69) is 32.4 Å². The molecule has 122 valence electrons. The minimum Gasteiger partial charge on any atom is -0.351 e. The number of hydrogen-bond acceptors (Lipinski definition) is 4. The standard InChI is InChI=1S/C17H23N5O/c1-22-10-2-3-13(12-22)4-9-19-17(23)16-11-15(20-21-16)14-5-7-18-8-6-14/h5-8,11,13H,2-4,9-10,12H2,1H3,(H,19,23)(H,20,21)/t13-/m0/s1. The van der Waals surface area contributed by atoms with E-state index >= 15 is 0 Å². The Bertz CT molecular complexity index is 639. The Hall–Kier alpha value is -2.21. The van der Waals surface area contributed by atoms with Crippen molar-refractivity contribution < 1.29 is 4.79 Å². The van der Waals surface area contributed by atoms with Gasteiger partial charge in [-0.15, -0.1) is 0 Å². The molecule has 0 aromatic carbocycles. The number of hydrogen-bond donors (Lipinski definition) is 2. The van der Waals surface area contributed by atoms with Gasteiger partial charge < -0.3 is 10.2 Å². The van der Waals surface area contributed by atoms with Crippen LogP contribution in [0.25, 0.3) is 11.3 Å². The zero-order valence-corrected chi connectivity index (χ0v) is 13.5. The molecule has 0 saturated carbocycles. The van der Waals surface area contributed by atoms with Crippen LogP contribution in [0.5, 0.6) is 0 Å². The molecule has 0 aliphatic carbocycles. The highest BCUT2D eigenvalue weighted by atomic mass is 16.1. The summed E-state index contributed by atoms with van der Waals surface area (Å²) in [6.07, 6.45) is 6.97. The van der Waals surface area contributed by atoms with Gasteiger partial charge >= 0.3 is 0 Å². The van der Waals surface area contributed by atoms with Gasteiger partial charge in [-0.25, -0.2) is 0 Å². The molecule has 1 amide bonds. The molecule has 2 aromatic rings. The zero-order valence-electron chi connectivity index (χ0n) is 13.5. The highest BCUT2D eigenvalue weighted by Crippen LogP contribution is 2.18. The van der Waals surface area contributed by atoms with Crippen molar-refractivity contribution in [3.63, 3.8) is 0 Å². The zero-order chi connectivity index (χ0) is 16.1. The van der Waals surface area contributed by atoms with Crippen LogP contribution in [-0.2, 0) is 0 Å². The van der Waals surface area contributed by atoms with Crippen molar-refractivity contribution in [3.8, 4) is 11.3 Å². The molecule has 6 nitrogen and oxygen atoms in total. The van der Waals surface area contributed by atoms with E-state index in [0.29, 0.717) is 18.2 Å². The van der Waals surface area contributed by atoms with E-state index in [9.17, 15) is 4.79 Å². The lowest BCUT2D eigenvalue weighted by Crippen LogP contribution is -2.34. The molecule has 1 aliphatic heterocycles.